The molecule has 0 atom stereocenters. The van der Waals surface area contributed by atoms with Gasteiger partial charge in [-0.2, -0.15) is 0 Å². The Balaban J connectivity index is 0.000000255. The monoisotopic (exact) mass is 203 g/mol. The Bertz CT molecular complexity index is 144. The number of hydrogen-bond acceptors (Lipinski definition) is 3. The Hall–Kier alpha value is -0.610. The Morgan fingerprint density at radius 3 is 2.07 bits per heavy atom. The number of carboxylic acid groups (broad SMARTS) is 1. The summed E-state index contributed by atoms with van der Waals surface area (Å²) in [7, 11) is 0. The average Bonchev–Trinajstić information content (AvgIpc) is 2.20. The van der Waals surface area contributed by atoms with E-state index in [0.717, 1.165) is 0 Å². The van der Waals surface area contributed by atoms with Gasteiger partial charge in [0.15, 0.2) is 0 Å². The molecule has 1 rings (SSSR count). The van der Waals surface area contributed by atoms with Gasteiger partial charge < -0.3 is 15.9 Å². The van der Waals surface area contributed by atoms with Crippen LogP contribution in [-0.4, -0.2) is 29.3 Å². The maximum Gasteiger partial charge on any atom is 0.304 e. The van der Waals surface area contributed by atoms with Gasteiger partial charge >= 0.3 is 5.97 Å². The van der Waals surface area contributed by atoms with Crippen molar-refractivity contribution in [1.82, 2.24) is 0 Å². The molecular weight excluding hydrogens is 182 g/mol. The van der Waals surface area contributed by atoms with Crippen molar-refractivity contribution >= 4 is 5.97 Å². The second-order valence-corrected chi connectivity index (χ2v) is 3.62. The molecule has 0 saturated heterocycles. The fourth-order valence-electron chi connectivity index (χ4n) is 1.49. The zero-order valence-corrected chi connectivity index (χ0v) is 8.61. The summed E-state index contributed by atoms with van der Waals surface area (Å²) in [6.07, 6.45) is 6.65. The Kier molecular flexibility index (Phi) is 8.57. The molecule has 1 fully saturated rings. The highest BCUT2D eigenvalue weighted by Gasteiger charge is 2.10. The minimum absolute atomic E-state index is 0.0694. The van der Waals surface area contributed by atoms with Crippen molar-refractivity contribution in [3.63, 3.8) is 0 Å². The zero-order chi connectivity index (χ0) is 10.8. The van der Waals surface area contributed by atoms with E-state index in [1.807, 2.05) is 0 Å². The van der Waals surface area contributed by atoms with Gasteiger partial charge in [0.25, 0.3) is 0 Å². The third kappa shape index (κ3) is 8.01. The van der Waals surface area contributed by atoms with Crippen LogP contribution >= 0.6 is 0 Å². The third-order valence-corrected chi connectivity index (χ3v) is 2.34. The van der Waals surface area contributed by atoms with Crippen molar-refractivity contribution in [2.24, 2.45) is 11.7 Å². The maximum atomic E-state index is 9.52. The number of aliphatic hydroxyl groups excluding tert-OH is 1. The fourth-order valence-corrected chi connectivity index (χ4v) is 1.49. The van der Waals surface area contributed by atoms with Gasteiger partial charge in [0.1, 0.15) is 0 Å². The van der Waals surface area contributed by atoms with Crippen LogP contribution in [0, 0.1) is 5.92 Å². The molecule has 0 aromatic heterocycles. The van der Waals surface area contributed by atoms with Gasteiger partial charge in [-0.15, -0.1) is 0 Å². The van der Waals surface area contributed by atoms with Gasteiger partial charge in [-0.05, 0) is 18.8 Å². The lowest BCUT2D eigenvalue weighted by Gasteiger charge is -2.18. The topological polar surface area (TPSA) is 83.6 Å². The molecule has 0 spiro atoms. The first-order valence-electron chi connectivity index (χ1n) is 5.23. The minimum Gasteiger partial charge on any atom is -0.481 e. The van der Waals surface area contributed by atoms with Crippen LogP contribution in [-0.2, 0) is 4.79 Å². The van der Waals surface area contributed by atoms with Crippen molar-refractivity contribution in [2.75, 3.05) is 13.2 Å². The lowest BCUT2D eigenvalue weighted by molar-refractivity contribution is -0.136. The lowest BCUT2D eigenvalue weighted by Crippen LogP contribution is -2.09. The largest absolute Gasteiger partial charge is 0.481 e. The summed E-state index contributed by atoms with van der Waals surface area (Å²) >= 11 is 0. The van der Waals surface area contributed by atoms with Crippen LogP contribution in [0.15, 0.2) is 0 Å². The van der Waals surface area contributed by atoms with Gasteiger partial charge in [-0.3, -0.25) is 4.79 Å². The standard InChI is InChI=1S/C7H14O.C3H7NO2/c8-6-7-4-2-1-3-5-7;4-2-1-3(5)6/h7-8H,1-6H2;1-2,4H2,(H,5,6). The summed E-state index contributed by atoms with van der Waals surface area (Å²) < 4.78 is 0. The highest BCUT2D eigenvalue weighted by Crippen LogP contribution is 2.22. The van der Waals surface area contributed by atoms with Gasteiger partial charge in [-0.25, -0.2) is 0 Å². The quantitative estimate of drug-likeness (QED) is 0.638. The van der Waals surface area contributed by atoms with Crippen LogP contribution in [0.25, 0.3) is 0 Å². The highest BCUT2D eigenvalue weighted by atomic mass is 16.4. The SMILES string of the molecule is NCCC(=O)O.OCC1CCCCC1. The van der Waals surface area contributed by atoms with Crippen LogP contribution < -0.4 is 5.73 Å². The number of carbonyl (C=O) groups is 1. The molecule has 0 bridgehead atoms. The van der Waals surface area contributed by atoms with Crippen molar-refractivity contribution in [1.29, 1.82) is 0 Å². The Labute approximate surface area is 85.1 Å². The van der Waals surface area contributed by atoms with Gasteiger partial charge in [0.2, 0.25) is 0 Å². The summed E-state index contributed by atoms with van der Waals surface area (Å²) in [5.74, 6) is -0.193. The van der Waals surface area contributed by atoms with Crippen LogP contribution in [0.5, 0.6) is 0 Å². The van der Waals surface area contributed by atoms with Gasteiger partial charge in [-0.1, -0.05) is 19.3 Å². The zero-order valence-electron chi connectivity index (χ0n) is 8.61. The molecule has 0 aromatic rings. The van der Waals surface area contributed by atoms with Crippen molar-refractivity contribution in [2.45, 2.75) is 38.5 Å². The van der Waals surface area contributed by atoms with Crippen LogP contribution in [0.4, 0.5) is 0 Å². The third-order valence-electron chi connectivity index (χ3n) is 2.34. The molecule has 4 nitrogen and oxygen atoms in total. The van der Waals surface area contributed by atoms with Gasteiger partial charge in [0.05, 0.1) is 6.42 Å². The molecule has 0 aromatic carbocycles. The van der Waals surface area contributed by atoms with E-state index in [2.05, 4.69) is 0 Å². The fraction of sp³-hybridized carbons (Fsp3) is 0.900. The number of aliphatic hydroxyl groups is 1. The molecule has 14 heavy (non-hydrogen) atoms. The first kappa shape index (κ1) is 13.4. The second kappa shape index (κ2) is 8.97. The first-order chi connectivity index (χ1) is 6.70. The predicted molar refractivity (Wildman–Crippen MR) is 55.0 cm³/mol. The first-order valence-corrected chi connectivity index (χ1v) is 5.23. The number of nitrogens with two attached hydrogens (primary N) is 1. The number of rotatable bonds is 3. The van der Waals surface area contributed by atoms with Crippen LogP contribution in [0.3, 0.4) is 0 Å². The molecule has 4 N–H and O–H groups in total. The molecule has 0 aliphatic heterocycles. The van der Waals surface area contributed by atoms with Crippen molar-refractivity contribution in [3.8, 4) is 0 Å². The van der Waals surface area contributed by atoms with E-state index in [-0.39, 0.29) is 13.0 Å². The van der Waals surface area contributed by atoms with E-state index in [1.54, 1.807) is 0 Å². The molecule has 4 heteroatoms. The molecule has 1 aliphatic rings. The van der Waals surface area contributed by atoms with Crippen molar-refractivity contribution < 1.29 is 15.0 Å². The molecule has 0 unspecified atom stereocenters. The smallest absolute Gasteiger partial charge is 0.304 e. The number of carboxylic acids is 1. The Morgan fingerprint density at radius 1 is 1.29 bits per heavy atom. The van der Waals surface area contributed by atoms with Crippen LogP contribution in [0.1, 0.15) is 38.5 Å². The number of aliphatic carboxylic acids is 1. The molecule has 84 valence electrons. The summed E-state index contributed by atoms with van der Waals surface area (Å²) in [6.45, 7) is 0.648. The maximum absolute atomic E-state index is 9.52. The lowest BCUT2D eigenvalue weighted by atomic mass is 9.90. The molecule has 0 amide bonds. The molecular formula is C10H21NO3. The number of hydrogen-bond donors (Lipinski definition) is 3. The summed E-state index contributed by atoms with van der Waals surface area (Å²) in [5, 5.41) is 16.5. The Morgan fingerprint density at radius 2 is 1.86 bits per heavy atom. The minimum atomic E-state index is -0.836. The van der Waals surface area contributed by atoms with E-state index in [4.69, 9.17) is 15.9 Å². The van der Waals surface area contributed by atoms with Gasteiger partial charge in [0, 0.05) is 13.2 Å². The van der Waals surface area contributed by atoms with E-state index in [0.29, 0.717) is 12.5 Å². The van der Waals surface area contributed by atoms with Crippen LogP contribution in [0.2, 0.25) is 0 Å². The summed E-state index contributed by atoms with van der Waals surface area (Å²) in [4.78, 5) is 9.52. The average molecular weight is 203 g/mol. The molecule has 1 aliphatic carbocycles. The molecule has 0 heterocycles. The second-order valence-electron chi connectivity index (χ2n) is 3.62. The predicted octanol–water partition coefficient (Wildman–Crippen LogP) is 0.979. The summed E-state index contributed by atoms with van der Waals surface area (Å²) in [6, 6.07) is 0. The van der Waals surface area contributed by atoms with E-state index in [9.17, 15) is 4.79 Å². The van der Waals surface area contributed by atoms with E-state index < -0.39 is 5.97 Å². The van der Waals surface area contributed by atoms with E-state index >= 15 is 0 Å². The summed E-state index contributed by atoms with van der Waals surface area (Å²) in [5.41, 5.74) is 4.85. The highest BCUT2D eigenvalue weighted by molar-refractivity contribution is 5.66. The normalized spacial score (nSPS) is 17.0. The van der Waals surface area contributed by atoms with Crippen molar-refractivity contribution in [3.05, 3.63) is 0 Å². The molecule has 0 radical (unpaired) electrons. The molecule has 1 saturated carbocycles. The van der Waals surface area contributed by atoms with E-state index in [1.165, 1.54) is 32.1 Å².